The van der Waals surface area contributed by atoms with Gasteiger partial charge in [0.2, 0.25) is 11.8 Å². The van der Waals surface area contributed by atoms with Crippen LogP contribution in [-0.4, -0.2) is 48.1 Å². The number of hydrogen-bond donors (Lipinski definition) is 1. The van der Waals surface area contributed by atoms with Crippen LogP contribution in [0, 0.1) is 5.92 Å². The Morgan fingerprint density at radius 3 is 2.65 bits per heavy atom. The summed E-state index contributed by atoms with van der Waals surface area (Å²) in [6, 6.07) is -0.0995. The molecular weight excluding hydrogens is 256 g/mol. The molecule has 1 aliphatic heterocycles. The van der Waals surface area contributed by atoms with Crippen LogP contribution in [-0.2, 0) is 14.3 Å². The zero-order valence-corrected chi connectivity index (χ0v) is 12.7. The standard InChI is InChI=1S/C15H26N2O3/c1-4-20-12-8-11(9-12)17-6-5-14(18)16-13(15(17)19)7-10(2)3/h10-13H,4-9H2,1-3H3,(H,16,18). The fourth-order valence-electron chi connectivity index (χ4n) is 3.02. The molecule has 5 heteroatoms. The third-order valence-corrected chi connectivity index (χ3v) is 4.12. The lowest BCUT2D eigenvalue weighted by Crippen LogP contribution is -2.54. The first-order valence-corrected chi connectivity index (χ1v) is 7.72. The Kier molecular flexibility index (Phi) is 5.02. The van der Waals surface area contributed by atoms with E-state index in [2.05, 4.69) is 19.2 Å². The molecule has 1 aliphatic carbocycles. The molecule has 2 amide bonds. The Balaban J connectivity index is 1.97. The minimum Gasteiger partial charge on any atom is -0.378 e. The van der Waals surface area contributed by atoms with Crippen LogP contribution in [0.4, 0.5) is 0 Å². The molecule has 1 unspecified atom stereocenters. The molecule has 0 spiro atoms. The van der Waals surface area contributed by atoms with E-state index in [9.17, 15) is 9.59 Å². The van der Waals surface area contributed by atoms with Crippen LogP contribution < -0.4 is 5.32 Å². The van der Waals surface area contributed by atoms with Crippen molar-refractivity contribution < 1.29 is 14.3 Å². The normalized spacial score (nSPS) is 31.0. The monoisotopic (exact) mass is 282 g/mol. The van der Waals surface area contributed by atoms with E-state index >= 15 is 0 Å². The fourth-order valence-corrected chi connectivity index (χ4v) is 3.02. The van der Waals surface area contributed by atoms with Crippen molar-refractivity contribution in [1.82, 2.24) is 10.2 Å². The van der Waals surface area contributed by atoms with Gasteiger partial charge in [0.25, 0.3) is 0 Å². The van der Waals surface area contributed by atoms with Gasteiger partial charge in [-0.15, -0.1) is 0 Å². The Hall–Kier alpha value is -1.10. The number of amides is 2. The molecule has 2 aliphatic rings. The van der Waals surface area contributed by atoms with Gasteiger partial charge in [0.1, 0.15) is 6.04 Å². The van der Waals surface area contributed by atoms with Gasteiger partial charge in [-0.2, -0.15) is 0 Å². The fraction of sp³-hybridized carbons (Fsp3) is 0.867. The second-order valence-electron chi connectivity index (χ2n) is 6.23. The van der Waals surface area contributed by atoms with Crippen molar-refractivity contribution in [1.29, 1.82) is 0 Å². The molecule has 5 nitrogen and oxygen atoms in total. The van der Waals surface area contributed by atoms with Crippen LogP contribution in [0.15, 0.2) is 0 Å². The molecule has 20 heavy (non-hydrogen) atoms. The van der Waals surface area contributed by atoms with Crippen LogP contribution in [0.2, 0.25) is 0 Å². The van der Waals surface area contributed by atoms with Crippen molar-refractivity contribution in [3.63, 3.8) is 0 Å². The summed E-state index contributed by atoms with van der Waals surface area (Å²) in [6.45, 7) is 7.40. The summed E-state index contributed by atoms with van der Waals surface area (Å²) in [5.74, 6) is 0.471. The van der Waals surface area contributed by atoms with Crippen molar-refractivity contribution in [2.24, 2.45) is 5.92 Å². The average Bonchev–Trinajstić information content (AvgIpc) is 2.45. The molecule has 1 heterocycles. The maximum absolute atomic E-state index is 12.6. The van der Waals surface area contributed by atoms with Crippen LogP contribution in [0.25, 0.3) is 0 Å². The molecule has 0 radical (unpaired) electrons. The summed E-state index contributed by atoms with van der Waals surface area (Å²) in [7, 11) is 0. The predicted octanol–water partition coefficient (Wildman–Crippen LogP) is 1.32. The van der Waals surface area contributed by atoms with E-state index in [4.69, 9.17) is 4.74 Å². The summed E-state index contributed by atoms with van der Waals surface area (Å²) in [6.07, 6.45) is 3.22. The lowest BCUT2D eigenvalue weighted by molar-refractivity contribution is -0.141. The highest BCUT2D eigenvalue weighted by molar-refractivity contribution is 5.90. The van der Waals surface area contributed by atoms with E-state index in [-0.39, 0.29) is 30.0 Å². The maximum atomic E-state index is 12.6. The molecule has 0 bridgehead atoms. The number of rotatable bonds is 5. The lowest BCUT2D eigenvalue weighted by atomic mass is 9.87. The third kappa shape index (κ3) is 3.51. The number of carbonyl (C=O) groups is 2. The zero-order valence-electron chi connectivity index (χ0n) is 12.7. The van der Waals surface area contributed by atoms with Gasteiger partial charge in [-0.25, -0.2) is 0 Å². The SMILES string of the molecule is CCOC1CC(N2CCC(=O)NC(CC(C)C)C2=O)C1. The molecule has 0 aromatic rings. The van der Waals surface area contributed by atoms with Gasteiger partial charge in [0, 0.05) is 25.6 Å². The second-order valence-corrected chi connectivity index (χ2v) is 6.23. The maximum Gasteiger partial charge on any atom is 0.245 e. The van der Waals surface area contributed by atoms with E-state index in [0.717, 1.165) is 19.4 Å². The largest absolute Gasteiger partial charge is 0.378 e. The highest BCUT2D eigenvalue weighted by Crippen LogP contribution is 2.30. The molecule has 0 aromatic heterocycles. The first-order chi connectivity index (χ1) is 9.51. The van der Waals surface area contributed by atoms with Crippen LogP contribution in [0.3, 0.4) is 0 Å². The van der Waals surface area contributed by atoms with Crippen molar-refractivity contribution in [3.05, 3.63) is 0 Å². The van der Waals surface area contributed by atoms with Crippen molar-refractivity contribution >= 4 is 11.8 Å². The highest BCUT2D eigenvalue weighted by Gasteiger charge is 2.40. The number of nitrogens with zero attached hydrogens (tertiary/aromatic N) is 1. The van der Waals surface area contributed by atoms with E-state index in [0.29, 0.717) is 25.3 Å². The molecule has 2 fully saturated rings. The highest BCUT2D eigenvalue weighted by atomic mass is 16.5. The van der Waals surface area contributed by atoms with E-state index < -0.39 is 0 Å². The lowest BCUT2D eigenvalue weighted by Gasteiger charge is -2.42. The molecule has 1 saturated heterocycles. The summed E-state index contributed by atoms with van der Waals surface area (Å²) in [4.78, 5) is 26.2. The van der Waals surface area contributed by atoms with Gasteiger partial charge in [0.05, 0.1) is 6.10 Å². The smallest absolute Gasteiger partial charge is 0.245 e. The Morgan fingerprint density at radius 2 is 2.05 bits per heavy atom. The Labute approximate surface area is 121 Å². The molecule has 1 atom stereocenters. The summed E-state index contributed by atoms with van der Waals surface area (Å²) < 4.78 is 5.56. The zero-order chi connectivity index (χ0) is 14.7. The number of carbonyl (C=O) groups excluding carboxylic acids is 2. The molecule has 1 N–H and O–H groups in total. The third-order valence-electron chi connectivity index (χ3n) is 4.12. The van der Waals surface area contributed by atoms with Crippen LogP contribution >= 0.6 is 0 Å². The number of ether oxygens (including phenoxy) is 1. The predicted molar refractivity (Wildman–Crippen MR) is 76.2 cm³/mol. The first-order valence-electron chi connectivity index (χ1n) is 7.72. The van der Waals surface area contributed by atoms with E-state index in [1.54, 1.807) is 0 Å². The van der Waals surface area contributed by atoms with E-state index in [1.165, 1.54) is 0 Å². The first kappa shape index (κ1) is 15.3. The summed E-state index contributed by atoms with van der Waals surface area (Å²) in [5, 5.41) is 2.87. The quantitative estimate of drug-likeness (QED) is 0.827. The van der Waals surface area contributed by atoms with Gasteiger partial charge in [-0.05, 0) is 32.1 Å². The minimum atomic E-state index is -0.351. The molecular formula is C15H26N2O3. The molecule has 114 valence electrons. The van der Waals surface area contributed by atoms with E-state index in [1.807, 2.05) is 11.8 Å². The van der Waals surface area contributed by atoms with Gasteiger partial charge in [-0.1, -0.05) is 13.8 Å². The molecule has 1 saturated carbocycles. The topological polar surface area (TPSA) is 58.6 Å². The Morgan fingerprint density at radius 1 is 1.35 bits per heavy atom. The second kappa shape index (κ2) is 6.57. The van der Waals surface area contributed by atoms with Crippen LogP contribution in [0.1, 0.15) is 46.5 Å². The van der Waals surface area contributed by atoms with Crippen molar-refractivity contribution in [2.75, 3.05) is 13.2 Å². The van der Waals surface area contributed by atoms with Crippen molar-refractivity contribution in [3.8, 4) is 0 Å². The van der Waals surface area contributed by atoms with Gasteiger partial charge < -0.3 is 15.0 Å². The summed E-state index contributed by atoms with van der Waals surface area (Å²) >= 11 is 0. The Bertz CT molecular complexity index is 364. The minimum absolute atomic E-state index is 0.00724. The number of nitrogens with one attached hydrogen (secondary N) is 1. The van der Waals surface area contributed by atoms with Gasteiger partial charge in [0.15, 0.2) is 0 Å². The van der Waals surface area contributed by atoms with Crippen molar-refractivity contribution in [2.45, 2.75) is 64.6 Å². The van der Waals surface area contributed by atoms with Crippen LogP contribution in [0.5, 0.6) is 0 Å². The van der Waals surface area contributed by atoms with Gasteiger partial charge in [-0.3, -0.25) is 9.59 Å². The molecule has 2 rings (SSSR count). The summed E-state index contributed by atoms with van der Waals surface area (Å²) in [5.41, 5.74) is 0. The average molecular weight is 282 g/mol. The molecule has 0 aromatic carbocycles. The number of hydrogen-bond acceptors (Lipinski definition) is 3. The van der Waals surface area contributed by atoms with Gasteiger partial charge >= 0.3 is 0 Å².